The van der Waals surface area contributed by atoms with Crippen molar-refractivity contribution in [3.8, 4) is 11.3 Å². The highest BCUT2D eigenvalue weighted by molar-refractivity contribution is 5.63. The van der Waals surface area contributed by atoms with E-state index in [1.54, 1.807) is 0 Å². The molecule has 3 heterocycles. The average Bonchev–Trinajstić information content (AvgIpc) is 3.10. The lowest BCUT2D eigenvalue weighted by molar-refractivity contribution is -0.0147. The van der Waals surface area contributed by atoms with Crippen LogP contribution in [0, 0.1) is 0 Å². The number of anilines is 2. The third-order valence-corrected chi connectivity index (χ3v) is 5.46. The average molecular weight is 338 g/mol. The van der Waals surface area contributed by atoms with Gasteiger partial charge in [-0.2, -0.15) is 0 Å². The molecular formula is C20H26N4O. The number of nitrogens with zero attached hydrogens (tertiary/aromatic N) is 4. The Bertz CT molecular complexity index is 713. The quantitative estimate of drug-likeness (QED) is 0.858. The van der Waals surface area contributed by atoms with Crippen molar-refractivity contribution in [2.75, 3.05) is 43.6 Å². The number of rotatable bonds is 3. The van der Waals surface area contributed by atoms with Crippen LogP contribution in [0.25, 0.3) is 11.3 Å². The van der Waals surface area contributed by atoms with Gasteiger partial charge in [0.25, 0.3) is 0 Å². The van der Waals surface area contributed by atoms with E-state index in [4.69, 9.17) is 9.72 Å². The van der Waals surface area contributed by atoms with E-state index in [-0.39, 0.29) is 5.60 Å². The minimum atomic E-state index is 0.135. The van der Waals surface area contributed by atoms with Crippen LogP contribution < -0.4 is 9.80 Å². The smallest absolute Gasteiger partial charge is 0.225 e. The van der Waals surface area contributed by atoms with Gasteiger partial charge in [0.2, 0.25) is 5.95 Å². The summed E-state index contributed by atoms with van der Waals surface area (Å²) in [6.07, 6.45) is 6.44. The molecule has 0 atom stereocenters. The predicted octanol–water partition coefficient (Wildman–Crippen LogP) is 3.36. The van der Waals surface area contributed by atoms with Crippen molar-refractivity contribution >= 4 is 11.6 Å². The van der Waals surface area contributed by atoms with Crippen LogP contribution in [0.5, 0.6) is 0 Å². The van der Waals surface area contributed by atoms with Crippen LogP contribution in [0.2, 0.25) is 0 Å². The van der Waals surface area contributed by atoms with Crippen molar-refractivity contribution in [3.63, 3.8) is 0 Å². The van der Waals surface area contributed by atoms with Gasteiger partial charge in [-0.3, -0.25) is 0 Å². The normalized spacial score (nSPS) is 19.4. The van der Waals surface area contributed by atoms with Gasteiger partial charge in [0.15, 0.2) is 0 Å². The van der Waals surface area contributed by atoms with E-state index in [0.29, 0.717) is 0 Å². The lowest BCUT2D eigenvalue weighted by Gasteiger charge is -2.38. The SMILES string of the molecule is CN(C)c1ccc(-c2ccnc(N3CCC4(CCCO4)CC3)n2)cc1. The Labute approximate surface area is 149 Å². The third-order valence-electron chi connectivity index (χ3n) is 5.46. The maximum absolute atomic E-state index is 6.02. The summed E-state index contributed by atoms with van der Waals surface area (Å²) >= 11 is 0. The lowest BCUT2D eigenvalue weighted by atomic mass is 9.89. The maximum atomic E-state index is 6.02. The predicted molar refractivity (Wildman–Crippen MR) is 101 cm³/mol. The number of hydrogen-bond donors (Lipinski definition) is 0. The molecule has 4 rings (SSSR count). The minimum absolute atomic E-state index is 0.135. The van der Waals surface area contributed by atoms with Crippen LogP contribution in [0.1, 0.15) is 25.7 Å². The Hall–Kier alpha value is -2.14. The van der Waals surface area contributed by atoms with Gasteiger partial charge in [0, 0.05) is 51.2 Å². The second-order valence-corrected chi connectivity index (χ2v) is 7.31. The number of aromatic nitrogens is 2. The monoisotopic (exact) mass is 338 g/mol. The van der Waals surface area contributed by atoms with Crippen molar-refractivity contribution < 1.29 is 4.74 Å². The summed E-state index contributed by atoms with van der Waals surface area (Å²) in [7, 11) is 4.10. The number of ether oxygens (including phenoxy) is 1. The summed E-state index contributed by atoms with van der Waals surface area (Å²) < 4.78 is 6.02. The zero-order valence-corrected chi connectivity index (χ0v) is 15.1. The molecule has 132 valence electrons. The summed E-state index contributed by atoms with van der Waals surface area (Å²) in [6, 6.07) is 10.5. The van der Waals surface area contributed by atoms with Crippen molar-refractivity contribution in [3.05, 3.63) is 36.5 Å². The topological polar surface area (TPSA) is 41.5 Å². The van der Waals surface area contributed by atoms with E-state index in [1.807, 2.05) is 12.3 Å². The molecule has 1 aromatic carbocycles. The van der Waals surface area contributed by atoms with E-state index in [1.165, 1.54) is 18.5 Å². The molecule has 2 fully saturated rings. The van der Waals surface area contributed by atoms with Crippen LogP contribution in [0.15, 0.2) is 36.5 Å². The maximum Gasteiger partial charge on any atom is 0.225 e. The number of hydrogen-bond acceptors (Lipinski definition) is 5. The van der Waals surface area contributed by atoms with Crippen LogP contribution in [0.4, 0.5) is 11.6 Å². The van der Waals surface area contributed by atoms with Crippen LogP contribution in [0.3, 0.4) is 0 Å². The summed E-state index contributed by atoms with van der Waals surface area (Å²) in [6.45, 7) is 2.88. The number of benzene rings is 1. The summed E-state index contributed by atoms with van der Waals surface area (Å²) in [4.78, 5) is 13.7. The lowest BCUT2D eigenvalue weighted by Crippen LogP contribution is -2.44. The number of piperidine rings is 1. The molecular weight excluding hydrogens is 312 g/mol. The van der Waals surface area contributed by atoms with Crippen molar-refractivity contribution in [2.45, 2.75) is 31.3 Å². The van der Waals surface area contributed by atoms with Gasteiger partial charge in [0.1, 0.15) is 0 Å². The van der Waals surface area contributed by atoms with Crippen LogP contribution >= 0.6 is 0 Å². The molecule has 1 spiro atoms. The minimum Gasteiger partial charge on any atom is -0.378 e. The molecule has 5 heteroatoms. The Morgan fingerprint density at radius 2 is 1.80 bits per heavy atom. The molecule has 2 saturated heterocycles. The highest BCUT2D eigenvalue weighted by Crippen LogP contribution is 2.36. The van der Waals surface area contributed by atoms with Gasteiger partial charge < -0.3 is 14.5 Å². The molecule has 0 saturated carbocycles. The van der Waals surface area contributed by atoms with Gasteiger partial charge in [-0.05, 0) is 43.9 Å². The van der Waals surface area contributed by atoms with E-state index >= 15 is 0 Å². The fourth-order valence-electron chi connectivity index (χ4n) is 3.86. The van der Waals surface area contributed by atoms with Crippen molar-refractivity contribution in [2.24, 2.45) is 0 Å². The van der Waals surface area contributed by atoms with Gasteiger partial charge in [-0.15, -0.1) is 0 Å². The van der Waals surface area contributed by atoms with Gasteiger partial charge in [0.05, 0.1) is 11.3 Å². The third kappa shape index (κ3) is 3.33. The zero-order chi connectivity index (χ0) is 17.3. The van der Waals surface area contributed by atoms with E-state index in [9.17, 15) is 0 Å². The summed E-state index contributed by atoms with van der Waals surface area (Å²) in [5.41, 5.74) is 3.43. The van der Waals surface area contributed by atoms with Gasteiger partial charge in [-0.25, -0.2) is 9.97 Å². The molecule has 0 radical (unpaired) electrons. The molecule has 0 N–H and O–H groups in total. The second-order valence-electron chi connectivity index (χ2n) is 7.31. The van der Waals surface area contributed by atoms with Crippen LogP contribution in [-0.2, 0) is 4.74 Å². The first-order valence-electron chi connectivity index (χ1n) is 9.15. The van der Waals surface area contributed by atoms with E-state index in [0.717, 1.165) is 49.7 Å². The summed E-state index contributed by atoms with van der Waals surface area (Å²) in [5, 5.41) is 0. The van der Waals surface area contributed by atoms with Gasteiger partial charge in [-0.1, -0.05) is 12.1 Å². The first kappa shape index (κ1) is 16.3. The highest BCUT2D eigenvalue weighted by atomic mass is 16.5. The Balaban J connectivity index is 1.50. The molecule has 2 aliphatic heterocycles. The van der Waals surface area contributed by atoms with Crippen LogP contribution in [-0.4, -0.2) is 49.4 Å². The molecule has 0 unspecified atom stereocenters. The second kappa shape index (κ2) is 6.64. The van der Waals surface area contributed by atoms with E-state index < -0.39 is 0 Å². The Kier molecular flexibility index (Phi) is 4.34. The molecule has 5 nitrogen and oxygen atoms in total. The van der Waals surface area contributed by atoms with E-state index in [2.05, 4.69) is 53.1 Å². The zero-order valence-electron chi connectivity index (χ0n) is 15.1. The van der Waals surface area contributed by atoms with Gasteiger partial charge >= 0.3 is 0 Å². The Morgan fingerprint density at radius 1 is 1.04 bits per heavy atom. The summed E-state index contributed by atoms with van der Waals surface area (Å²) in [5.74, 6) is 0.835. The first-order valence-corrected chi connectivity index (χ1v) is 9.15. The molecule has 0 aliphatic carbocycles. The highest BCUT2D eigenvalue weighted by Gasteiger charge is 2.38. The molecule has 25 heavy (non-hydrogen) atoms. The standard InChI is InChI=1S/C20H26N4O/c1-23(2)17-6-4-16(5-7-17)18-8-12-21-19(22-18)24-13-10-20(11-14-24)9-3-15-25-20/h4-8,12H,3,9-11,13-15H2,1-2H3. The fourth-order valence-corrected chi connectivity index (χ4v) is 3.86. The van der Waals surface area contributed by atoms with Crippen molar-refractivity contribution in [1.82, 2.24) is 9.97 Å². The molecule has 0 bridgehead atoms. The largest absolute Gasteiger partial charge is 0.378 e. The molecule has 0 amide bonds. The molecule has 2 aliphatic rings. The fraction of sp³-hybridized carbons (Fsp3) is 0.500. The van der Waals surface area contributed by atoms with Crippen molar-refractivity contribution in [1.29, 1.82) is 0 Å². The Morgan fingerprint density at radius 3 is 2.44 bits per heavy atom. The molecule has 1 aromatic heterocycles. The first-order chi connectivity index (χ1) is 12.2. The molecule has 2 aromatic rings.